The summed E-state index contributed by atoms with van der Waals surface area (Å²) in [6.45, 7) is 6.17. The summed E-state index contributed by atoms with van der Waals surface area (Å²) in [4.78, 5) is 24.3. The molecule has 1 saturated heterocycles. The molecule has 8 nitrogen and oxygen atoms in total. The number of ether oxygens (including phenoxy) is 3. The van der Waals surface area contributed by atoms with Crippen LogP contribution >= 0.6 is 0 Å². The molecule has 1 aromatic carbocycles. The molecule has 8 heteroatoms. The van der Waals surface area contributed by atoms with E-state index in [1.807, 2.05) is 6.07 Å². The normalized spacial score (nSPS) is 17.3. The zero-order valence-electron chi connectivity index (χ0n) is 14.4. The Morgan fingerprint density at radius 1 is 1.24 bits per heavy atom. The number of hydrogen-bond acceptors (Lipinski definition) is 6. The van der Waals surface area contributed by atoms with Crippen LogP contribution in [0.3, 0.4) is 0 Å². The topological polar surface area (TPSA) is 110 Å². The SMILES string of the molecule is CC(C)(C)OC(=O)Nc1cc(C#N)ccc1NC(=O)C1COCCO1. The van der Waals surface area contributed by atoms with Crippen molar-refractivity contribution in [2.75, 3.05) is 30.5 Å². The number of anilines is 2. The van der Waals surface area contributed by atoms with Gasteiger partial charge in [-0.15, -0.1) is 0 Å². The summed E-state index contributed by atoms with van der Waals surface area (Å²) in [5.74, 6) is -0.392. The summed E-state index contributed by atoms with van der Waals surface area (Å²) in [6, 6.07) is 6.51. The molecule has 0 aromatic heterocycles. The molecule has 25 heavy (non-hydrogen) atoms. The van der Waals surface area contributed by atoms with Gasteiger partial charge in [0.1, 0.15) is 5.60 Å². The molecule has 2 amide bonds. The molecule has 0 aliphatic carbocycles. The number of carbonyl (C=O) groups excluding carboxylic acids is 2. The van der Waals surface area contributed by atoms with E-state index in [9.17, 15) is 9.59 Å². The molecule has 0 spiro atoms. The minimum atomic E-state index is -0.723. The van der Waals surface area contributed by atoms with Crippen LogP contribution in [0.25, 0.3) is 0 Å². The third kappa shape index (κ3) is 5.74. The van der Waals surface area contributed by atoms with E-state index >= 15 is 0 Å². The van der Waals surface area contributed by atoms with Gasteiger partial charge in [-0.3, -0.25) is 10.1 Å². The fourth-order valence-corrected chi connectivity index (χ4v) is 2.09. The van der Waals surface area contributed by atoms with Gasteiger partial charge in [-0.25, -0.2) is 4.79 Å². The molecule has 1 unspecified atom stereocenters. The average Bonchev–Trinajstić information content (AvgIpc) is 2.55. The Balaban J connectivity index is 2.15. The van der Waals surface area contributed by atoms with E-state index in [1.165, 1.54) is 18.2 Å². The summed E-state index contributed by atoms with van der Waals surface area (Å²) in [6.07, 6.45) is -1.41. The van der Waals surface area contributed by atoms with E-state index in [-0.39, 0.29) is 12.3 Å². The molecule has 0 radical (unpaired) electrons. The minimum absolute atomic E-state index is 0.164. The monoisotopic (exact) mass is 347 g/mol. The van der Waals surface area contributed by atoms with Crippen molar-refractivity contribution in [1.82, 2.24) is 0 Å². The van der Waals surface area contributed by atoms with Crippen molar-refractivity contribution in [2.45, 2.75) is 32.5 Å². The standard InChI is InChI=1S/C17H21N3O5/c1-17(2,3)25-16(22)20-13-8-11(9-18)4-5-12(13)19-15(21)14-10-23-6-7-24-14/h4-5,8,14H,6-7,10H2,1-3H3,(H,19,21)(H,20,22). The molecule has 2 rings (SSSR count). The lowest BCUT2D eigenvalue weighted by Crippen LogP contribution is -2.39. The first-order valence-electron chi connectivity index (χ1n) is 7.83. The molecule has 1 aliphatic rings. The van der Waals surface area contributed by atoms with Gasteiger partial charge in [0.25, 0.3) is 5.91 Å². The summed E-state index contributed by atoms with van der Waals surface area (Å²) >= 11 is 0. The highest BCUT2D eigenvalue weighted by atomic mass is 16.6. The van der Waals surface area contributed by atoms with Crippen LogP contribution in [0.2, 0.25) is 0 Å². The van der Waals surface area contributed by atoms with Crippen LogP contribution in [-0.4, -0.2) is 43.5 Å². The summed E-state index contributed by atoms with van der Waals surface area (Å²) in [5.41, 5.74) is 0.261. The van der Waals surface area contributed by atoms with E-state index in [0.717, 1.165) is 0 Å². The number of hydrogen-bond donors (Lipinski definition) is 2. The second-order valence-corrected chi connectivity index (χ2v) is 6.42. The Labute approximate surface area is 146 Å². The summed E-state index contributed by atoms with van der Waals surface area (Å²) in [7, 11) is 0. The molecule has 1 atom stereocenters. The Morgan fingerprint density at radius 3 is 2.60 bits per heavy atom. The molecule has 1 heterocycles. The fourth-order valence-electron chi connectivity index (χ4n) is 2.09. The Morgan fingerprint density at radius 2 is 2.00 bits per heavy atom. The quantitative estimate of drug-likeness (QED) is 0.868. The first kappa shape index (κ1) is 18.7. The average molecular weight is 347 g/mol. The number of rotatable bonds is 3. The predicted octanol–water partition coefficient (Wildman–Crippen LogP) is 2.26. The zero-order valence-corrected chi connectivity index (χ0v) is 14.4. The maximum atomic E-state index is 12.3. The first-order valence-corrected chi connectivity index (χ1v) is 7.83. The van der Waals surface area contributed by atoms with Crippen LogP contribution in [0, 0.1) is 11.3 Å². The largest absolute Gasteiger partial charge is 0.444 e. The van der Waals surface area contributed by atoms with E-state index in [2.05, 4.69) is 10.6 Å². The second-order valence-electron chi connectivity index (χ2n) is 6.42. The zero-order chi connectivity index (χ0) is 18.4. The van der Waals surface area contributed by atoms with Gasteiger partial charge < -0.3 is 19.5 Å². The highest BCUT2D eigenvalue weighted by Crippen LogP contribution is 2.24. The van der Waals surface area contributed by atoms with Crippen molar-refractivity contribution in [2.24, 2.45) is 0 Å². The Kier molecular flexibility index (Phi) is 5.96. The molecule has 0 bridgehead atoms. The summed E-state index contributed by atoms with van der Waals surface area (Å²) < 4.78 is 15.8. The van der Waals surface area contributed by atoms with Gasteiger partial charge in [0.05, 0.1) is 42.8 Å². The number of nitrogens with one attached hydrogen (secondary N) is 2. The van der Waals surface area contributed by atoms with Crippen molar-refractivity contribution in [3.8, 4) is 6.07 Å². The highest BCUT2D eigenvalue weighted by Gasteiger charge is 2.24. The first-order chi connectivity index (χ1) is 11.8. The number of nitriles is 1. The van der Waals surface area contributed by atoms with E-state index < -0.39 is 23.7 Å². The van der Waals surface area contributed by atoms with Gasteiger partial charge in [-0.2, -0.15) is 5.26 Å². The molecule has 1 aromatic rings. The van der Waals surface area contributed by atoms with Crippen molar-refractivity contribution < 1.29 is 23.8 Å². The van der Waals surface area contributed by atoms with Crippen LogP contribution in [-0.2, 0) is 19.0 Å². The maximum Gasteiger partial charge on any atom is 0.412 e. The van der Waals surface area contributed by atoms with Crippen LogP contribution in [0.15, 0.2) is 18.2 Å². The number of carbonyl (C=O) groups is 2. The third-order valence-electron chi connectivity index (χ3n) is 3.15. The minimum Gasteiger partial charge on any atom is -0.444 e. The lowest BCUT2D eigenvalue weighted by molar-refractivity contribution is -0.142. The lowest BCUT2D eigenvalue weighted by atomic mass is 10.1. The number of amides is 2. The van der Waals surface area contributed by atoms with Crippen LogP contribution in [0.5, 0.6) is 0 Å². The predicted molar refractivity (Wildman–Crippen MR) is 90.2 cm³/mol. The second kappa shape index (κ2) is 7.96. The van der Waals surface area contributed by atoms with Crippen molar-refractivity contribution in [3.63, 3.8) is 0 Å². The highest BCUT2D eigenvalue weighted by molar-refractivity contribution is 6.00. The Hall–Kier alpha value is -2.63. The van der Waals surface area contributed by atoms with Crippen LogP contribution < -0.4 is 10.6 Å². The van der Waals surface area contributed by atoms with Crippen molar-refractivity contribution in [1.29, 1.82) is 5.26 Å². The van der Waals surface area contributed by atoms with Gasteiger partial charge in [0, 0.05) is 0 Å². The van der Waals surface area contributed by atoms with Crippen molar-refractivity contribution in [3.05, 3.63) is 23.8 Å². The van der Waals surface area contributed by atoms with Gasteiger partial charge in [0.2, 0.25) is 0 Å². The molecule has 0 saturated carbocycles. The fraction of sp³-hybridized carbons (Fsp3) is 0.471. The van der Waals surface area contributed by atoms with Gasteiger partial charge in [-0.05, 0) is 39.0 Å². The maximum absolute atomic E-state index is 12.3. The van der Waals surface area contributed by atoms with E-state index in [1.54, 1.807) is 20.8 Å². The van der Waals surface area contributed by atoms with Crippen LogP contribution in [0.1, 0.15) is 26.3 Å². The van der Waals surface area contributed by atoms with Gasteiger partial charge in [-0.1, -0.05) is 0 Å². The van der Waals surface area contributed by atoms with E-state index in [0.29, 0.717) is 24.5 Å². The van der Waals surface area contributed by atoms with Crippen LogP contribution in [0.4, 0.5) is 16.2 Å². The molecule has 134 valence electrons. The molecule has 1 fully saturated rings. The van der Waals surface area contributed by atoms with Gasteiger partial charge in [0.15, 0.2) is 6.10 Å². The molecular weight excluding hydrogens is 326 g/mol. The number of benzene rings is 1. The van der Waals surface area contributed by atoms with Crippen molar-refractivity contribution >= 4 is 23.4 Å². The number of nitrogens with zero attached hydrogens (tertiary/aromatic N) is 1. The van der Waals surface area contributed by atoms with E-state index in [4.69, 9.17) is 19.5 Å². The lowest BCUT2D eigenvalue weighted by Gasteiger charge is -2.23. The molecule has 2 N–H and O–H groups in total. The summed E-state index contributed by atoms with van der Waals surface area (Å²) in [5, 5.41) is 14.3. The third-order valence-corrected chi connectivity index (χ3v) is 3.15. The molecule has 1 aliphatic heterocycles. The van der Waals surface area contributed by atoms with Gasteiger partial charge >= 0.3 is 6.09 Å². The smallest absolute Gasteiger partial charge is 0.412 e. The molecular formula is C17H21N3O5. The Bertz CT molecular complexity index is 685.